The van der Waals surface area contributed by atoms with Gasteiger partial charge in [-0.2, -0.15) is 0 Å². The predicted molar refractivity (Wildman–Crippen MR) is 61.7 cm³/mol. The van der Waals surface area contributed by atoms with Gasteiger partial charge in [-0.15, -0.1) is 0 Å². The minimum atomic E-state index is 0.0637. The fourth-order valence-electron chi connectivity index (χ4n) is 2.30. The second kappa shape index (κ2) is 4.29. The molecule has 3 nitrogen and oxygen atoms in total. The Bertz CT molecular complexity index is 312. The van der Waals surface area contributed by atoms with Crippen LogP contribution in [0.15, 0.2) is 24.5 Å². The van der Waals surface area contributed by atoms with Gasteiger partial charge in [0.2, 0.25) is 0 Å². The van der Waals surface area contributed by atoms with Crippen molar-refractivity contribution in [3.8, 4) is 0 Å². The molecule has 3 heteroatoms. The molecule has 1 unspecified atom stereocenters. The van der Waals surface area contributed by atoms with E-state index >= 15 is 0 Å². The first-order chi connectivity index (χ1) is 7.21. The van der Waals surface area contributed by atoms with E-state index in [1.165, 1.54) is 18.5 Å². The zero-order valence-electron chi connectivity index (χ0n) is 9.53. The molecule has 2 rings (SSSR count). The molecule has 0 aliphatic carbocycles. The zero-order valence-corrected chi connectivity index (χ0v) is 9.53. The molecule has 1 N–H and O–H groups in total. The van der Waals surface area contributed by atoms with E-state index in [2.05, 4.69) is 41.3 Å². The fourth-order valence-corrected chi connectivity index (χ4v) is 2.30. The Morgan fingerprint density at radius 2 is 2.13 bits per heavy atom. The minimum Gasteiger partial charge on any atom is -0.306 e. The van der Waals surface area contributed by atoms with Crippen molar-refractivity contribution in [2.75, 3.05) is 26.7 Å². The van der Waals surface area contributed by atoms with Gasteiger partial charge in [0, 0.05) is 18.9 Å². The molecule has 1 aliphatic rings. The number of nitrogens with zero attached hydrogens (tertiary/aromatic N) is 2. The maximum absolute atomic E-state index is 4.07. The van der Waals surface area contributed by atoms with E-state index in [1.807, 2.05) is 12.4 Å². The Morgan fingerprint density at radius 3 is 2.87 bits per heavy atom. The quantitative estimate of drug-likeness (QED) is 0.747. The number of aromatic nitrogens is 1. The van der Waals surface area contributed by atoms with Gasteiger partial charge in [-0.25, -0.2) is 0 Å². The molecule has 1 aromatic heterocycles. The van der Waals surface area contributed by atoms with Crippen LogP contribution >= 0.6 is 0 Å². The molecule has 0 bridgehead atoms. The molecule has 1 saturated heterocycles. The van der Waals surface area contributed by atoms with E-state index in [1.54, 1.807) is 0 Å². The lowest BCUT2D eigenvalue weighted by Gasteiger charge is -2.32. The third-order valence-corrected chi connectivity index (χ3v) is 3.14. The van der Waals surface area contributed by atoms with Gasteiger partial charge < -0.3 is 10.2 Å². The number of rotatable bonds is 1. The smallest absolute Gasteiger partial charge is 0.0535 e. The molecule has 1 atom stereocenters. The standard InChI is InChI=1S/C12H19N3/c1-12(11-4-7-13-8-5-11)10-15(2)9-3-6-14-12/h4-5,7-8,14H,3,6,9-10H2,1-2H3. The van der Waals surface area contributed by atoms with Crippen LogP contribution in [0, 0.1) is 0 Å². The van der Waals surface area contributed by atoms with E-state index in [-0.39, 0.29) is 5.54 Å². The van der Waals surface area contributed by atoms with Crippen molar-refractivity contribution in [1.29, 1.82) is 0 Å². The Kier molecular flexibility index (Phi) is 3.03. The topological polar surface area (TPSA) is 28.2 Å². The summed E-state index contributed by atoms with van der Waals surface area (Å²) >= 11 is 0. The molecule has 2 heterocycles. The first-order valence-electron chi connectivity index (χ1n) is 5.55. The van der Waals surface area contributed by atoms with Crippen molar-refractivity contribution in [2.24, 2.45) is 0 Å². The molecule has 15 heavy (non-hydrogen) atoms. The van der Waals surface area contributed by atoms with Gasteiger partial charge in [-0.05, 0) is 51.2 Å². The molecule has 0 amide bonds. The highest BCUT2D eigenvalue weighted by Gasteiger charge is 2.29. The van der Waals surface area contributed by atoms with Crippen molar-refractivity contribution < 1.29 is 0 Å². The summed E-state index contributed by atoms with van der Waals surface area (Å²) in [6.45, 7) is 5.58. The normalized spacial score (nSPS) is 28.7. The molecule has 0 radical (unpaired) electrons. The van der Waals surface area contributed by atoms with Crippen molar-refractivity contribution in [3.05, 3.63) is 30.1 Å². The second-order valence-corrected chi connectivity index (χ2v) is 4.59. The summed E-state index contributed by atoms with van der Waals surface area (Å²) in [5.74, 6) is 0. The van der Waals surface area contributed by atoms with Crippen molar-refractivity contribution in [1.82, 2.24) is 15.2 Å². The van der Waals surface area contributed by atoms with E-state index < -0.39 is 0 Å². The van der Waals surface area contributed by atoms with Gasteiger partial charge in [0.25, 0.3) is 0 Å². The average Bonchev–Trinajstić information content (AvgIpc) is 2.42. The molecule has 0 saturated carbocycles. The number of nitrogens with one attached hydrogen (secondary N) is 1. The van der Waals surface area contributed by atoms with E-state index in [9.17, 15) is 0 Å². The zero-order chi connectivity index (χ0) is 10.7. The van der Waals surface area contributed by atoms with Crippen LogP contribution in [0.5, 0.6) is 0 Å². The third kappa shape index (κ3) is 2.36. The van der Waals surface area contributed by atoms with Gasteiger partial charge in [0.05, 0.1) is 5.54 Å². The lowest BCUT2D eigenvalue weighted by Crippen LogP contribution is -2.45. The highest BCUT2D eigenvalue weighted by molar-refractivity contribution is 5.21. The Balaban J connectivity index is 2.24. The molecular weight excluding hydrogens is 186 g/mol. The van der Waals surface area contributed by atoms with Crippen molar-refractivity contribution >= 4 is 0 Å². The predicted octanol–water partition coefficient (Wildman–Crippen LogP) is 1.22. The van der Waals surface area contributed by atoms with Gasteiger partial charge in [0.15, 0.2) is 0 Å². The van der Waals surface area contributed by atoms with Gasteiger partial charge in [-0.1, -0.05) is 0 Å². The van der Waals surface area contributed by atoms with Crippen LogP contribution in [-0.4, -0.2) is 36.6 Å². The van der Waals surface area contributed by atoms with E-state index in [4.69, 9.17) is 0 Å². The van der Waals surface area contributed by atoms with Crippen LogP contribution in [0.3, 0.4) is 0 Å². The first-order valence-corrected chi connectivity index (χ1v) is 5.55. The molecule has 82 valence electrons. The molecule has 0 aromatic carbocycles. The minimum absolute atomic E-state index is 0.0637. The van der Waals surface area contributed by atoms with E-state index in [0.717, 1.165) is 13.1 Å². The van der Waals surface area contributed by atoms with Crippen molar-refractivity contribution in [2.45, 2.75) is 18.9 Å². The first kappa shape index (κ1) is 10.6. The number of likely N-dealkylation sites (N-methyl/N-ethyl adjacent to an activating group) is 1. The number of hydrogen-bond acceptors (Lipinski definition) is 3. The van der Waals surface area contributed by atoms with Gasteiger partial charge >= 0.3 is 0 Å². The summed E-state index contributed by atoms with van der Waals surface area (Å²) in [5, 5.41) is 3.64. The second-order valence-electron chi connectivity index (χ2n) is 4.59. The molecule has 1 fully saturated rings. The van der Waals surface area contributed by atoms with Crippen LogP contribution in [0.2, 0.25) is 0 Å². The van der Waals surface area contributed by atoms with Crippen LogP contribution in [0.25, 0.3) is 0 Å². The summed E-state index contributed by atoms with van der Waals surface area (Å²) in [5.41, 5.74) is 1.39. The monoisotopic (exact) mass is 205 g/mol. The van der Waals surface area contributed by atoms with Crippen LogP contribution in [0.4, 0.5) is 0 Å². The lowest BCUT2D eigenvalue weighted by molar-refractivity contribution is 0.259. The third-order valence-electron chi connectivity index (χ3n) is 3.14. The molecule has 1 aromatic rings. The maximum atomic E-state index is 4.07. The Hall–Kier alpha value is -0.930. The average molecular weight is 205 g/mol. The Labute approximate surface area is 91.5 Å². The summed E-state index contributed by atoms with van der Waals surface area (Å²) < 4.78 is 0. The summed E-state index contributed by atoms with van der Waals surface area (Å²) in [7, 11) is 2.19. The number of hydrogen-bond donors (Lipinski definition) is 1. The lowest BCUT2D eigenvalue weighted by atomic mass is 9.92. The van der Waals surface area contributed by atoms with Gasteiger partial charge in [-0.3, -0.25) is 4.98 Å². The van der Waals surface area contributed by atoms with Crippen LogP contribution < -0.4 is 5.32 Å². The summed E-state index contributed by atoms with van der Waals surface area (Å²) in [4.78, 5) is 6.46. The maximum Gasteiger partial charge on any atom is 0.0535 e. The van der Waals surface area contributed by atoms with Gasteiger partial charge in [0.1, 0.15) is 0 Å². The van der Waals surface area contributed by atoms with E-state index in [0.29, 0.717) is 0 Å². The summed E-state index contributed by atoms with van der Waals surface area (Å²) in [6.07, 6.45) is 4.96. The highest BCUT2D eigenvalue weighted by Crippen LogP contribution is 2.22. The molecular formula is C12H19N3. The fraction of sp³-hybridized carbons (Fsp3) is 0.583. The largest absolute Gasteiger partial charge is 0.306 e. The SMILES string of the molecule is CN1CCCNC(C)(c2ccncc2)C1. The molecule has 1 aliphatic heterocycles. The Morgan fingerprint density at radius 1 is 1.40 bits per heavy atom. The van der Waals surface area contributed by atoms with Crippen molar-refractivity contribution in [3.63, 3.8) is 0 Å². The molecule has 0 spiro atoms. The van der Waals surface area contributed by atoms with Crippen LogP contribution in [-0.2, 0) is 5.54 Å². The highest BCUT2D eigenvalue weighted by atomic mass is 15.2. The summed E-state index contributed by atoms with van der Waals surface area (Å²) in [6, 6.07) is 4.21. The number of pyridine rings is 1. The van der Waals surface area contributed by atoms with Crippen LogP contribution in [0.1, 0.15) is 18.9 Å².